The Bertz CT molecular complexity index is 879. The third-order valence-electron chi connectivity index (χ3n) is 4.34. The molecule has 0 unspecified atom stereocenters. The number of aromatic hydroxyl groups is 5. The maximum Gasteiger partial charge on any atom is 0.202 e. The molecular formula is C17H16O8. The molecule has 2 aromatic carbocycles. The molecule has 0 aromatic heterocycles. The zero-order valence-corrected chi connectivity index (χ0v) is 13.3. The van der Waals surface area contributed by atoms with Crippen LogP contribution in [0.4, 0.5) is 0 Å². The van der Waals surface area contributed by atoms with E-state index in [0.29, 0.717) is 0 Å². The smallest absolute Gasteiger partial charge is 0.202 e. The molecule has 2 aromatic rings. The van der Waals surface area contributed by atoms with Crippen LogP contribution in [-0.4, -0.2) is 42.5 Å². The van der Waals surface area contributed by atoms with Crippen LogP contribution in [0.15, 0.2) is 12.1 Å². The third kappa shape index (κ3) is 2.30. The van der Waals surface area contributed by atoms with Crippen LogP contribution in [0.25, 0.3) is 0 Å². The fourth-order valence-electron chi connectivity index (χ4n) is 2.88. The van der Waals surface area contributed by atoms with Crippen molar-refractivity contribution in [1.82, 2.24) is 0 Å². The predicted octanol–water partition coefficient (Wildman–Crippen LogP) is 1.51. The molecule has 0 spiro atoms. The quantitative estimate of drug-likeness (QED) is 0.425. The summed E-state index contributed by atoms with van der Waals surface area (Å²) in [5.74, 6) is -3.74. The Morgan fingerprint density at radius 3 is 2.00 bits per heavy atom. The second kappa shape index (κ2) is 5.45. The first-order valence-corrected chi connectivity index (χ1v) is 7.34. The van der Waals surface area contributed by atoms with Crippen molar-refractivity contribution in [1.29, 1.82) is 0 Å². The minimum Gasteiger partial charge on any atom is -0.507 e. The molecule has 1 heterocycles. The second-order valence-electron chi connectivity index (χ2n) is 5.91. The van der Waals surface area contributed by atoms with Gasteiger partial charge in [-0.25, -0.2) is 0 Å². The molecule has 0 radical (unpaired) electrons. The van der Waals surface area contributed by atoms with Crippen LogP contribution < -0.4 is 4.74 Å². The number of carbonyl (C=O) groups excluding carboxylic acids is 1. The molecule has 3 rings (SSSR count). The number of ketones is 1. The summed E-state index contributed by atoms with van der Waals surface area (Å²) in [6, 6.07) is 2.06. The van der Waals surface area contributed by atoms with Gasteiger partial charge in [0.25, 0.3) is 0 Å². The number of carbonyl (C=O) groups is 1. The average Bonchev–Trinajstić information content (AvgIpc) is 2.57. The van der Waals surface area contributed by atoms with Gasteiger partial charge >= 0.3 is 0 Å². The number of aliphatic hydroxyl groups is 1. The van der Waals surface area contributed by atoms with Gasteiger partial charge in [-0.05, 0) is 26.0 Å². The number of fused-ring (bicyclic) bond motifs is 1. The van der Waals surface area contributed by atoms with Crippen molar-refractivity contribution in [2.45, 2.75) is 26.1 Å². The SMILES string of the molecule is Cc1c(O)c(C)c2c(c1O)C(=O)[C@H](O)[C@@H](c1cc(O)c(O)c(O)c1)O2. The van der Waals surface area contributed by atoms with Crippen molar-refractivity contribution in [2.75, 3.05) is 0 Å². The number of rotatable bonds is 1. The summed E-state index contributed by atoms with van der Waals surface area (Å²) in [6.07, 6.45) is -3.05. The first kappa shape index (κ1) is 16.7. The third-order valence-corrected chi connectivity index (χ3v) is 4.34. The standard InChI is InChI=1S/C17H16O8/c1-5-11(20)6(2)16-10(12(5)21)14(23)15(24)17(25-16)7-3-8(18)13(22)9(19)4-7/h3-4,15,17-22,24H,1-2H3/t15-,17+/m0/s1. The summed E-state index contributed by atoms with van der Waals surface area (Å²) in [5, 5.41) is 59.1. The molecule has 1 aliphatic rings. The van der Waals surface area contributed by atoms with E-state index in [1.807, 2.05) is 0 Å². The number of benzene rings is 2. The van der Waals surface area contributed by atoms with Crippen molar-refractivity contribution in [3.8, 4) is 34.5 Å². The molecule has 8 nitrogen and oxygen atoms in total. The molecule has 0 saturated carbocycles. The number of phenols is 5. The van der Waals surface area contributed by atoms with E-state index in [1.165, 1.54) is 13.8 Å². The van der Waals surface area contributed by atoms with Crippen molar-refractivity contribution < 1.29 is 40.2 Å². The lowest BCUT2D eigenvalue weighted by atomic mass is 9.89. The van der Waals surface area contributed by atoms with E-state index in [0.717, 1.165) is 12.1 Å². The summed E-state index contributed by atoms with van der Waals surface area (Å²) in [6.45, 7) is 2.90. The fourth-order valence-corrected chi connectivity index (χ4v) is 2.88. The maximum atomic E-state index is 12.5. The Kier molecular flexibility index (Phi) is 3.65. The Morgan fingerprint density at radius 2 is 1.44 bits per heavy atom. The van der Waals surface area contributed by atoms with Gasteiger partial charge in [0.05, 0.1) is 0 Å². The van der Waals surface area contributed by atoms with E-state index in [-0.39, 0.29) is 33.8 Å². The zero-order chi connectivity index (χ0) is 18.6. The van der Waals surface area contributed by atoms with E-state index in [1.54, 1.807) is 0 Å². The summed E-state index contributed by atoms with van der Waals surface area (Å²) in [7, 11) is 0. The Hall–Kier alpha value is -3.13. The van der Waals surface area contributed by atoms with Gasteiger partial charge in [0.2, 0.25) is 5.78 Å². The molecule has 0 bridgehead atoms. The zero-order valence-electron chi connectivity index (χ0n) is 13.3. The molecule has 25 heavy (non-hydrogen) atoms. The van der Waals surface area contributed by atoms with Gasteiger partial charge in [-0.3, -0.25) is 4.79 Å². The van der Waals surface area contributed by atoms with Gasteiger partial charge < -0.3 is 35.4 Å². The highest BCUT2D eigenvalue weighted by atomic mass is 16.5. The van der Waals surface area contributed by atoms with Crippen LogP contribution in [0.1, 0.15) is 33.2 Å². The molecule has 2 atom stereocenters. The van der Waals surface area contributed by atoms with Crippen LogP contribution >= 0.6 is 0 Å². The van der Waals surface area contributed by atoms with E-state index in [4.69, 9.17) is 4.74 Å². The van der Waals surface area contributed by atoms with Gasteiger partial charge in [0.1, 0.15) is 22.8 Å². The molecule has 0 amide bonds. The molecule has 8 heteroatoms. The maximum absolute atomic E-state index is 12.5. The highest BCUT2D eigenvalue weighted by Gasteiger charge is 2.41. The second-order valence-corrected chi connectivity index (χ2v) is 5.91. The van der Waals surface area contributed by atoms with Crippen molar-refractivity contribution in [3.63, 3.8) is 0 Å². The number of hydrogen-bond donors (Lipinski definition) is 6. The number of hydrogen-bond acceptors (Lipinski definition) is 8. The normalized spacial score (nSPS) is 19.4. The Morgan fingerprint density at radius 1 is 0.880 bits per heavy atom. The van der Waals surface area contributed by atoms with E-state index < -0.39 is 41.0 Å². The lowest BCUT2D eigenvalue weighted by molar-refractivity contribution is 0.0205. The molecule has 0 saturated heterocycles. The van der Waals surface area contributed by atoms with Crippen molar-refractivity contribution >= 4 is 5.78 Å². The first-order valence-electron chi connectivity index (χ1n) is 7.34. The molecule has 1 aliphatic heterocycles. The lowest BCUT2D eigenvalue weighted by Crippen LogP contribution is -2.36. The van der Waals surface area contributed by atoms with E-state index in [2.05, 4.69) is 0 Å². The van der Waals surface area contributed by atoms with Gasteiger partial charge in [0, 0.05) is 16.7 Å². The van der Waals surface area contributed by atoms with Gasteiger partial charge in [-0.1, -0.05) is 0 Å². The lowest BCUT2D eigenvalue weighted by Gasteiger charge is -2.32. The summed E-state index contributed by atoms with van der Waals surface area (Å²) < 4.78 is 5.60. The fraction of sp³-hybridized carbons (Fsp3) is 0.235. The number of aliphatic hydroxyl groups excluding tert-OH is 1. The molecular weight excluding hydrogens is 332 g/mol. The Balaban J connectivity index is 2.19. The van der Waals surface area contributed by atoms with Gasteiger partial charge in [-0.15, -0.1) is 0 Å². The largest absolute Gasteiger partial charge is 0.507 e. The van der Waals surface area contributed by atoms with E-state index in [9.17, 15) is 35.4 Å². The number of ether oxygens (including phenoxy) is 1. The van der Waals surface area contributed by atoms with Gasteiger partial charge in [0.15, 0.2) is 29.5 Å². The molecule has 132 valence electrons. The Labute approximate surface area is 141 Å². The van der Waals surface area contributed by atoms with Crippen LogP contribution in [0.5, 0.6) is 34.5 Å². The molecule has 0 aliphatic carbocycles. The summed E-state index contributed by atoms with van der Waals surface area (Å²) >= 11 is 0. The van der Waals surface area contributed by atoms with Gasteiger partial charge in [-0.2, -0.15) is 0 Å². The minimum atomic E-state index is -1.73. The van der Waals surface area contributed by atoms with Crippen LogP contribution in [0.3, 0.4) is 0 Å². The predicted molar refractivity (Wildman–Crippen MR) is 84.4 cm³/mol. The summed E-state index contributed by atoms with van der Waals surface area (Å²) in [4.78, 5) is 12.5. The monoisotopic (exact) mass is 348 g/mol. The molecule has 0 fully saturated rings. The van der Waals surface area contributed by atoms with Crippen LogP contribution in [-0.2, 0) is 0 Å². The first-order chi connectivity index (χ1) is 11.6. The topological polar surface area (TPSA) is 148 Å². The highest BCUT2D eigenvalue weighted by Crippen LogP contribution is 2.48. The van der Waals surface area contributed by atoms with Crippen molar-refractivity contribution in [2.24, 2.45) is 0 Å². The number of Topliss-reactive ketones (excluding diaryl/α,β-unsaturated/α-hetero) is 1. The summed E-state index contributed by atoms with van der Waals surface area (Å²) in [5.41, 5.74) is 0.0589. The van der Waals surface area contributed by atoms with Crippen LogP contribution in [0.2, 0.25) is 0 Å². The van der Waals surface area contributed by atoms with E-state index >= 15 is 0 Å². The molecule has 6 N–H and O–H groups in total. The van der Waals surface area contributed by atoms with Crippen molar-refractivity contribution in [3.05, 3.63) is 34.4 Å². The average molecular weight is 348 g/mol. The van der Waals surface area contributed by atoms with Crippen LogP contribution in [0, 0.1) is 13.8 Å². The highest BCUT2D eigenvalue weighted by molar-refractivity contribution is 6.06. The minimum absolute atomic E-state index is 0.0262. The number of phenolic OH excluding ortho intramolecular Hbond substituents is 5.